The molecule has 2 aliphatic heterocycles. The van der Waals surface area contributed by atoms with Crippen molar-refractivity contribution in [3.05, 3.63) is 107 Å². The maximum Gasteiger partial charge on any atom is 0.226 e. The molecule has 4 heterocycles. The van der Waals surface area contributed by atoms with Crippen LogP contribution < -0.4 is 10.1 Å². The Labute approximate surface area is 171 Å². The molecule has 0 saturated carbocycles. The Morgan fingerprint density at radius 1 is 1.00 bits per heavy atom. The van der Waals surface area contributed by atoms with Gasteiger partial charge in [0.05, 0.1) is 5.70 Å². The number of halogens is 1. The van der Waals surface area contributed by atoms with Crippen LogP contribution in [0.2, 0.25) is 0 Å². The first-order chi connectivity index (χ1) is 14.8. The van der Waals surface area contributed by atoms with Crippen LogP contribution >= 0.6 is 0 Å². The fourth-order valence-electron chi connectivity index (χ4n) is 4.22. The Morgan fingerprint density at radius 2 is 1.87 bits per heavy atom. The fourth-order valence-corrected chi connectivity index (χ4v) is 4.22. The Kier molecular flexibility index (Phi) is 3.67. The molecule has 2 atom stereocenters. The van der Waals surface area contributed by atoms with E-state index < -0.39 is 6.10 Å². The number of nitrogens with one attached hydrogen (secondary N) is 1. The summed E-state index contributed by atoms with van der Waals surface area (Å²) in [6, 6.07) is 18.0. The highest BCUT2D eigenvalue weighted by molar-refractivity contribution is 5.85. The van der Waals surface area contributed by atoms with Gasteiger partial charge in [-0.2, -0.15) is 10.1 Å². The lowest BCUT2D eigenvalue weighted by molar-refractivity contribution is 0.218. The smallest absolute Gasteiger partial charge is 0.226 e. The maximum absolute atomic E-state index is 14.9. The highest BCUT2D eigenvalue weighted by Gasteiger charge is 2.41. The summed E-state index contributed by atoms with van der Waals surface area (Å²) in [7, 11) is 0. The molecule has 1 N–H and O–H groups in total. The molecule has 0 radical (unpaired) electrons. The van der Waals surface area contributed by atoms with Gasteiger partial charge in [0.2, 0.25) is 5.95 Å². The van der Waals surface area contributed by atoms with Gasteiger partial charge < -0.3 is 10.1 Å². The van der Waals surface area contributed by atoms with Crippen LogP contribution in [0.4, 0.5) is 10.3 Å². The van der Waals surface area contributed by atoms with Crippen LogP contribution in [0.15, 0.2) is 85.0 Å². The van der Waals surface area contributed by atoms with E-state index in [-0.39, 0.29) is 11.9 Å². The number of pyridine rings is 1. The number of para-hydroxylation sites is 1. The van der Waals surface area contributed by atoms with Gasteiger partial charge in [-0.1, -0.05) is 36.4 Å². The fraction of sp³-hybridized carbons (Fsp3) is 0.0870. The van der Waals surface area contributed by atoms with Crippen LogP contribution in [0.3, 0.4) is 0 Å². The molecular formula is C23H16FN5O. The van der Waals surface area contributed by atoms with Crippen molar-refractivity contribution in [2.75, 3.05) is 5.32 Å². The van der Waals surface area contributed by atoms with Crippen molar-refractivity contribution in [1.29, 1.82) is 0 Å². The number of ether oxygens (including phenoxy) is 1. The summed E-state index contributed by atoms with van der Waals surface area (Å²) in [5.74, 6) is 0.990. The minimum Gasteiger partial charge on any atom is -0.480 e. The van der Waals surface area contributed by atoms with E-state index in [1.807, 2.05) is 42.5 Å². The summed E-state index contributed by atoms with van der Waals surface area (Å²) in [6.07, 6.45) is 4.40. The third kappa shape index (κ3) is 2.45. The number of aromatic nitrogens is 4. The van der Waals surface area contributed by atoms with E-state index in [1.165, 1.54) is 12.4 Å². The Balaban J connectivity index is 1.66. The van der Waals surface area contributed by atoms with Gasteiger partial charge in [-0.15, -0.1) is 0 Å². The van der Waals surface area contributed by atoms with Crippen molar-refractivity contribution in [3.8, 4) is 5.75 Å². The number of hydrogen-bond acceptors (Lipinski definition) is 5. The summed E-state index contributed by atoms with van der Waals surface area (Å²) < 4.78 is 23.1. The quantitative estimate of drug-likeness (QED) is 0.544. The molecule has 2 aromatic carbocycles. The lowest BCUT2D eigenvalue weighted by Crippen LogP contribution is -2.32. The van der Waals surface area contributed by atoms with Gasteiger partial charge in [0.25, 0.3) is 0 Å². The molecule has 146 valence electrons. The second-order valence-electron chi connectivity index (χ2n) is 7.19. The minimum atomic E-state index is -0.633. The lowest BCUT2D eigenvalue weighted by Gasteiger charge is -2.38. The van der Waals surface area contributed by atoms with E-state index in [4.69, 9.17) is 4.74 Å². The monoisotopic (exact) mass is 397 g/mol. The molecule has 0 fully saturated rings. The Morgan fingerprint density at radius 3 is 2.73 bits per heavy atom. The summed E-state index contributed by atoms with van der Waals surface area (Å²) >= 11 is 0. The third-order valence-electron chi connectivity index (χ3n) is 5.51. The van der Waals surface area contributed by atoms with Crippen molar-refractivity contribution >= 4 is 11.6 Å². The Hall–Kier alpha value is -4.00. The van der Waals surface area contributed by atoms with Crippen LogP contribution in [-0.2, 0) is 0 Å². The molecule has 2 aliphatic rings. The normalized spacial score (nSPS) is 19.2. The van der Waals surface area contributed by atoms with Crippen LogP contribution in [-0.4, -0.2) is 19.7 Å². The van der Waals surface area contributed by atoms with Crippen LogP contribution in [0, 0.1) is 5.82 Å². The minimum absolute atomic E-state index is 0.317. The van der Waals surface area contributed by atoms with Gasteiger partial charge in [-0.05, 0) is 29.8 Å². The number of rotatable bonds is 2. The molecule has 0 spiro atoms. The van der Waals surface area contributed by atoms with Gasteiger partial charge in [-0.3, -0.25) is 4.98 Å². The van der Waals surface area contributed by atoms with Crippen LogP contribution in [0.5, 0.6) is 5.75 Å². The number of anilines is 1. The number of fused-ring (bicyclic) bond motifs is 3. The molecule has 30 heavy (non-hydrogen) atoms. The van der Waals surface area contributed by atoms with E-state index in [1.54, 1.807) is 29.2 Å². The second-order valence-corrected chi connectivity index (χ2v) is 7.19. The Bertz CT molecular complexity index is 1280. The summed E-state index contributed by atoms with van der Waals surface area (Å²) in [6.45, 7) is 0. The number of hydrogen-bond donors (Lipinski definition) is 1. The summed E-state index contributed by atoms with van der Waals surface area (Å²) in [5.41, 5.74) is 4.02. The van der Waals surface area contributed by atoms with Crippen molar-refractivity contribution < 1.29 is 9.13 Å². The second kappa shape index (κ2) is 6.52. The first-order valence-electron chi connectivity index (χ1n) is 9.62. The van der Waals surface area contributed by atoms with Gasteiger partial charge in [0, 0.05) is 29.1 Å². The topological polar surface area (TPSA) is 64.9 Å². The molecule has 0 aliphatic carbocycles. The molecule has 6 nitrogen and oxygen atoms in total. The van der Waals surface area contributed by atoms with Crippen molar-refractivity contribution in [3.63, 3.8) is 0 Å². The predicted molar refractivity (Wildman–Crippen MR) is 109 cm³/mol. The molecule has 4 aromatic rings. The molecule has 0 amide bonds. The lowest BCUT2D eigenvalue weighted by atomic mass is 9.85. The van der Waals surface area contributed by atoms with E-state index in [0.29, 0.717) is 17.3 Å². The van der Waals surface area contributed by atoms with Crippen molar-refractivity contribution in [1.82, 2.24) is 19.7 Å². The van der Waals surface area contributed by atoms with Gasteiger partial charge >= 0.3 is 0 Å². The molecule has 6 rings (SSSR count). The average molecular weight is 397 g/mol. The molecule has 2 aromatic heterocycles. The first kappa shape index (κ1) is 16.9. The molecule has 7 heteroatoms. The highest BCUT2D eigenvalue weighted by atomic mass is 19.1. The molecule has 0 unspecified atom stereocenters. The SMILES string of the molecule is Fc1ccccc1[C@H]1Oc2ccccc2C2=C1[C@H](c1cccnc1)n1ncnc1N2. The molecular weight excluding hydrogens is 381 g/mol. The van der Waals surface area contributed by atoms with E-state index in [9.17, 15) is 4.39 Å². The van der Waals surface area contributed by atoms with Crippen molar-refractivity contribution in [2.24, 2.45) is 0 Å². The summed E-state index contributed by atoms with van der Waals surface area (Å²) in [5, 5.41) is 7.84. The third-order valence-corrected chi connectivity index (χ3v) is 5.51. The van der Waals surface area contributed by atoms with Crippen LogP contribution in [0.25, 0.3) is 5.70 Å². The maximum atomic E-state index is 14.9. The highest BCUT2D eigenvalue weighted by Crippen LogP contribution is 2.50. The largest absolute Gasteiger partial charge is 0.480 e. The number of nitrogens with zero attached hydrogens (tertiary/aromatic N) is 4. The molecule has 0 bridgehead atoms. The van der Waals surface area contributed by atoms with Gasteiger partial charge in [0.15, 0.2) is 6.10 Å². The zero-order valence-corrected chi connectivity index (χ0v) is 15.7. The molecule has 0 saturated heterocycles. The zero-order chi connectivity index (χ0) is 20.1. The van der Waals surface area contributed by atoms with Gasteiger partial charge in [0.1, 0.15) is 23.9 Å². The van der Waals surface area contributed by atoms with E-state index in [0.717, 1.165) is 22.4 Å². The predicted octanol–water partition coefficient (Wildman–Crippen LogP) is 4.37. The number of benzene rings is 2. The van der Waals surface area contributed by atoms with Gasteiger partial charge in [-0.25, -0.2) is 9.07 Å². The standard InChI is InChI=1S/C23H16FN5O/c24-17-9-3-1-7-15(17)22-19-20(16-8-2-4-10-18(16)30-22)28-23-26-13-27-29(23)21(19)14-6-5-11-25-12-14/h1-13,21-22H,(H,26,27,28)/t21-,22+/m0/s1. The van der Waals surface area contributed by atoms with E-state index >= 15 is 0 Å². The van der Waals surface area contributed by atoms with Crippen LogP contribution in [0.1, 0.15) is 28.8 Å². The average Bonchev–Trinajstić information content (AvgIpc) is 3.26. The summed E-state index contributed by atoms with van der Waals surface area (Å²) in [4.78, 5) is 8.68. The van der Waals surface area contributed by atoms with Crippen molar-refractivity contribution in [2.45, 2.75) is 12.1 Å². The first-order valence-corrected chi connectivity index (χ1v) is 9.62. The zero-order valence-electron chi connectivity index (χ0n) is 15.7. The van der Waals surface area contributed by atoms with E-state index in [2.05, 4.69) is 20.4 Å².